The van der Waals surface area contributed by atoms with E-state index in [-0.39, 0.29) is 11.6 Å². The zero-order chi connectivity index (χ0) is 20.0. The van der Waals surface area contributed by atoms with Gasteiger partial charge in [0.25, 0.3) is 0 Å². The second kappa shape index (κ2) is 6.37. The molecular formula is C16H8BrF8N. The van der Waals surface area contributed by atoms with E-state index in [1.54, 1.807) is 0 Å². The third-order valence-electron chi connectivity index (χ3n) is 3.81. The zero-order valence-corrected chi connectivity index (χ0v) is 14.1. The zero-order valence-electron chi connectivity index (χ0n) is 12.5. The first-order valence-corrected chi connectivity index (χ1v) is 7.66. The van der Waals surface area contributed by atoms with Crippen molar-refractivity contribution in [3.8, 4) is 6.07 Å². The lowest BCUT2D eigenvalue weighted by molar-refractivity contribution is -0.325. The summed E-state index contributed by atoms with van der Waals surface area (Å²) in [5.74, 6) is -0.942. The van der Waals surface area contributed by atoms with Crippen molar-refractivity contribution in [2.45, 2.75) is 28.8 Å². The summed E-state index contributed by atoms with van der Waals surface area (Å²) in [6.45, 7) is 0. The van der Waals surface area contributed by atoms with Gasteiger partial charge in [-0.25, -0.2) is 8.78 Å². The molecule has 0 amide bonds. The van der Waals surface area contributed by atoms with Gasteiger partial charge in [-0.05, 0) is 12.1 Å². The van der Waals surface area contributed by atoms with Gasteiger partial charge in [-0.1, -0.05) is 40.2 Å². The highest BCUT2D eigenvalue weighted by molar-refractivity contribution is 9.09. The molecular weight excluding hydrogens is 438 g/mol. The summed E-state index contributed by atoms with van der Waals surface area (Å²) in [5, 5.41) is 8.98. The summed E-state index contributed by atoms with van der Waals surface area (Å²) in [6.07, 6.45) is -12.6. The lowest BCUT2D eigenvalue weighted by Gasteiger charge is -2.36. The Morgan fingerprint density at radius 3 is 2.00 bits per heavy atom. The number of alkyl halides is 8. The number of benzene rings is 1. The molecule has 0 saturated carbocycles. The number of rotatable bonds is 2. The molecule has 1 nitrogen and oxygen atoms in total. The lowest BCUT2D eigenvalue weighted by Crippen LogP contribution is -2.55. The minimum absolute atomic E-state index is 0.196. The molecule has 1 aromatic rings. The molecule has 0 aromatic heterocycles. The molecule has 0 fully saturated rings. The van der Waals surface area contributed by atoms with E-state index in [1.807, 2.05) is 0 Å². The van der Waals surface area contributed by atoms with E-state index in [4.69, 9.17) is 5.26 Å². The standard InChI is InChI=1S/C16H8BrF8N/c17-13(11-3-1-2-4-12(11)18)6-9(8-26)5-10(7-13)14(19,15(20,21)22)16(23,24)25/h1-5,7H,6H2. The van der Waals surface area contributed by atoms with Crippen molar-refractivity contribution in [3.63, 3.8) is 0 Å². The van der Waals surface area contributed by atoms with Crippen molar-refractivity contribution in [3.05, 3.63) is 58.9 Å². The minimum Gasteiger partial charge on any atom is -0.218 e. The van der Waals surface area contributed by atoms with E-state index in [9.17, 15) is 35.1 Å². The van der Waals surface area contributed by atoms with Gasteiger partial charge in [-0.2, -0.15) is 31.6 Å². The molecule has 1 unspecified atom stereocenters. The van der Waals surface area contributed by atoms with Gasteiger partial charge in [0.15, 0.2) is 0 Å². The molecule has 140 valence electrons. The smallest absolute Gasteiger partial charge is 0.218 e. The van der Waals surface area contributed by atoms with Crippen LogP contribution in [0.4, 0.5) is 35.1 Å². The number of hydrogen-bond donors (Lipinski definition) is 0. The number of nitrogens with zero attached hydrogens (tertiary/aromatic N) is 1. The highest BCUT2D eigenvalue weighted by Gasteiger charge is 2.74. The molecule has 0 aliphatic heterocycles. The molecule has 0 radical (unpaired) electrons. The molecule has 0 saturated heterocycles. The van der Waals surface area contributed by atoms with Crippen molar-refractivity contribution >= 4 is 15.9 Å². The molecule has 0 N–H and O–H groups in total. The Morgan fingerprint density at radius 2 is 1.54 bits per heavy atom. The molecule has 0 heterocycles. The summed E-state index contributed by atoms with van der Waals surface area (Å²) in [7, 11) is 0. The van der Waals surface area contributed by atoms with Crippen molar-refractivity contribution in [1.29, 1.82) is 5.26 Å². The van der Waals surface area contributed by atoms with Crippen molar-refractivity contribution < 1.29 is 35.1 Å². The molecule has 1 aliphatic carbocycles. The summed E-state index contributed by atoms with van der Waals surface area (Å²) in [5.41, 5.74) is -8.45. The molecule has 1 atom stereocenters. The maximum absolute atomic E-state index is 14.4. The summed E-state index contributed by atoms with van der Waals surface area (Å²) in [6, 6.07) is 6.03. The van der Waals surface area contributed by atoms with E-state index in [0.29, 0.717) is 6.08 Å². The summed E-state index contributed by atoms with van der Waals surface area (Å²) < 4.78 is 105. The Labute approximate surface area is 150 Å². The van der Waals surface area contributed by atoms with Crippen LogP contribution in [0.1, 0.15) is 12.0 Å². The third-order valence-corrected chi connectivity index (χ3v) is 4.74. The Morgan fingerprint density at radius 1 is 1.00 bits per heavy atom. The highest BCUT2D eigenvalue weighted by atomic mass is 79.9. The van der Waals surface area contributed by atoms with Crippen molar-refractivity contribution in [1.82, 2.24) is 0 Å². The van der Waals surface area contributed by atoms with Crippen LogP contribution < -0.4 is 0 Å². The summed E-state index contributed by atoms with van der Waals surface area (Å²) >= 11 is 2.89. The molecule has 1 aromatic carbocycles. The van der Waals surface area contributed by atoms with Crippen LogP contribution in [0, 0.1) is 17.1 Å². The van der Waals surface area contributed by atoms with E-state index < -0.39 is 45.7 Å². The van der Waals surface area contributed by atoms with Gasteiger partial charge >= 0.3 is 18.0 Å². The van der Waals surface area contributed by atoms with Crippen molar-refractivity contribution in [2.24, 2.45) is 0 Å². The quantitative estimate of drug-likeness (QED) is 0.402. The molecule has 2 rings (SSSR count). The first kappa shape index (κ1) is 20.4. The normalized spacial score (nSPS) is 21.7. The lowest BCUT2D eigenvalue weighted by atomic mass is 9.80. The molecule has 10 heteroatoms. The van der Waals surface area contributed by atoms with Crippen LogP contribution in [0.5, 0.6) is 0 Å². The van der Waals surface area contributed by atoms with Crippen LogP contribution in [0.15, 0.2) is 47.6 Å². The fraction of sp³-hybridized carbons (Fsp3) is 0.312. The average Bonchev–Trinajstić information content (AvgIpc) is 2.51. The molecule has 1 aliphatic rings. The Balaban J connectivity index is 2.77. The predicted molar refractivity (Wildman–Crippen MR) is 79.4 cm³/mol. The van der Waals surface area contributed by atoms with Gasteiger partial charge in [0.05, 0.1) is 10.4 Å². The van der Waals surface area contributed by atoms with Gasteiger partial charge in [-0.15, -0.1) is 0 Å². The van der Waals surface area contributed by atoms with Gasteiger partial charge in [0.1, 0.15) is 5.82 Å². The van der Waals surface area contributed by atoms with Crippen molar-refractivity contribution in [2.75, 3.05) is 0 Å². The number of nitriles is 1. The fourth-order valence-electron chi connectivity index (χ4n) is 2.59. The average molecular weight is 446 g/mol. The van der Waals surface area contributed by atoms with Gasteiger partial charge in [0, 0.05) is 23.1 Å². The second-order valence-electron chi connectivity index (χ2n) is 5.55. The number of hydrogen-bond acceptors (Lipinski definition) is 1. The Bertz CT molecular complexity index is 801. The van der Waals surface area contributed by atoms with Crippen LogP contribution in [-0.2, 0) is 4.32 Å². The van der Waals surface area contributed by atoms with Gasteiger partial charge in [0.2, 0.25) is 0 Å². The van der Waals surface area contributed by atoms with Crippen LogP contribution in [0.3, 0.4) is 0 Å². The maximum Gasteiger partial charge on any atom is 0.435 e. The first-order chi connectivity index (χ1) is 11.8. The third kappa shape index (κ3) is 3.24. The van der Waals surface area contributed by atoms with Crippen LogP contribution in [0.2, 0.25) is 0 Å². The molecule has 0 spiro atoms. The van der Waals surface area contributed by atoms with E-state index in [1.165, 1.54) is 18.2 Å². The minimum atomic E-state index is -6.34. The van der Waals surface area contributed by atoms with E-state index in [2.05, 4.69) is 15.9 Å². The van der Waals surface area contributed by atoms with Gasteiger partial charge < -0.3 is 0 Å². The number of allylic oxidation sites excluding steroid dienone is 4. The second-order valence-corrected chi connectivity index (χ2v) is 6.97. The Hall–Kier alpha value is -1.89. The molecule has 26 heavy (non-hydrogen) atoms. The van der Waals surface area contributed by atoms with E-state index >= 15 is 0 Å². The van der Waals surface area contributed by atoms with E-state index in [0.717, 1.165) is 12.1 Å². The molecule has 0 bridgehead atoms. The predicted octanol–water partition coefficient (Wildman–Crippen LogP) is 6.03. The van der Waals surface area contributed by atoms with Crippen LogP contribution >= 0.6 is 15.9 Å². The summed E-state index contributed by atoms with van der Waals surface area (Å²) in [4.78, 5) is 0. The largest absolute Gasteiger partial charge is 0.435 e. The first-order valence-electron chi connectivity index (χ1n) is 6.86. The van der Waals surface area contributed by atoms with Crippen LogP contribution in [0.25, 0.3) is 0 Å². The topological polar surface area (TPSA) is 23.8 Å². The van der Waals surface area contributed by atoms with Crippen LogP contribution in [-0.4, -0.2) is 18.0 Å². The number of halogens is 9. The Kier molecular flexibility index (Phi) is 5.00. The monoisotopic (exact) mass is 445 g/mol. The highest BCUT2D eigenvalue weighted by Crippen LogP contribution is 2.55. The van der Waals surface area contributed by atoms with Gasteiger partial charge in [-0.3, -0.25) is 0 Å². The SMILES string of the molecule is N#CC1=CC(C(F)(C(F)(F)F)C(F)(F)F)=CC(Br)(c2ccccc2F)C1. The fourth-order valence-corrected chi connectivity index (χ4v) is 3.46. The maximum atomic E-state index is 14.4.